The number of carbonyl (C=O) groups is 4. The summed E-state index contributed by atoms with van der Waals surface area (Å²) in [6.07, 6.45) is 0. The largest absolute Gasteiger partial charge is 0.454 e. The van der Waals surface area contributed by atoms with Gasteiger partial charge in [0.1, 0.15) is 0 Å². The first-order chi connectivity index (χ1) is 15.0. The van der Waals surface area contributed by atoms with Crippen LogP contribution in [0.2, 0.25) is 0 Å². The van der Waals surface area contributed by atoms with Gasteiger partial charge in [-0.2, -0.15) is 0 Å². The molecule has 7 nitrogen and oxygen atoms in total. The third-order valence-corrected chi connectivity index (χ3v) is 4.85. The normalized spacial score (nSPS) is 12.5. The minimum Gasteiger partial charge on any atom is -0.454 e. The van der Waals surface area contributed by atoms with Gasteiger partial charge in [-0.05, 0) is 30.3 Å². The zero-order valence-electron chi connectivity index (χ0n) is 16.4. The van der Waals surface area contributed by atoms with E-state index in [4.69, 9.17) is 4.74 Å². The summed E-state index contributed by atoms with van der Waals surface area (Å²) in [4.78, 5) is 50.4. The molecular weight excluding hydrogens is 396 g/mol. The van der Waals surface area contributed by atoms with E-state index in [0.29, 0.717) is 22.4 Å². The van der Waals surface area contributed by atoms with Gasteiger partial charge >= 0.3 is 5.97 Å². The molecule has 0 spiro atoms. The van der Waals surface area contributed by atoms with Crippen LogP contribution in [0, 0.1) is 0 Å². The van der Waals surface area contributed by atoms with Crippen molar-refractivity contribution in [1.29, 1.82) is 0 Å². The topological polar surface area (TPSA) is 92.8 Å². The molecule has 0 unspecified atom stereocenters. The Bertz CT molecular complexity index is 1140. The maximum absolute atomic E-state index is 12.4. The zero-order chi connectivity index (χ0) is 21.8. The van der Waals surface area contributed by atoms with E-state index in [2.05, 4.69) is 5.32 Å². The van der Waals surface area contributed by atoms with Crippen LogP contribution in [0.1, 0.15) is 41.4 Å². The lowest BCUT2D eigenvalue weighted by Crippen LogP contribution is -2.34. The number of esters is 1. The number of ether oxygens (including phenoxy) is 1. The number of fused-ring (bicyclic) bond motifs is 1. The first-order valence-electron chi connectivity index (χ1n) is 9.59. The highest BCUT2D eigenvalue weighted by Gasteiger charge is 2.34. The van der Waals surface area contributed by atoms with Gasteiger partial charge < -0.3 is 10.1 Å². The molecular formula is C24H18N2O5. The predicted molar refractivity (Wildman–Crippen MR) is 113 cm³/mol. The van der Waals surface area contributed by atoms with E-state index in [1.807, 2.05) is 0 Å². The number of ketones is 1. The lowest BCUT2D eigenvalue weighted by atomic mass is 10.1. The standard InChI is InChI=1S/C24H18N2O5/c27-21(16-7-2-1-3-8-16)14-31-24(30)17-9-6-10-18(13-17)25-15-26-22(28)19-11-4-5-12-20(19)23(26)29/h1-13,25H,14-15H2. The van der Waals surface area contributed by atoms with Crippen LogP contribution in [0.3, 0.4) is 0 Å². The van der Waals surface area contributed by atoms with Gasteiger partial charge in [-0.25, -0.2) is 4.79 Å². The molecule has 1 aliphatic rings. The van der Waals surface area contributed by atoms with Crippen molar-refractivity contribution >= 4 is 29.3 Å². The number of hydrogen-bond acceptors (Lipinski definition) is 6. The van der Waals surface area contributed by atoms with Gasteiger partial charge in [0.15, 0.2) is 12.4 Å². The summed E-state index contributed by atoms with van der Waals surface area (Å²) in [6.45, 7) is -0.410. The fraction of sp³-hybridized carbons (Fsp3) is 0.0833. The van der Waals surface area contributed by atoms with Gasteiger partial charge in [-0.1, -0.05) is 48.5 Å². The molecule has 0 bridgehead atoms. The number of nitrogens with one attached hydrogen (secondary N) is 1. The minimum absolute atomic E-state index is 0.0443. The van der Waals surface area contributed by atoms with Crippen LogP contribution in [0.4, 0.5) is 5.69 Å². The van der Waals surface area contributed by atoms with Gasteiger partial charge in [0, 0.05) is 11.3 Å². The molecule has 1 heterocycles. The van der Waals surface area contributed by atoms with E-state index in [1.165, 1.54) is 6.07 Å². The molecule has 0 aliphatic carbocycles. The zero-order valence-corrected chi connectivity index (χ0v) is 16.4. The number of imide groups is 1. The lowest BCUT2D eigenvalue weighted by molar-refractivity contribution is 0.0474. The number of amides is 2. The molecule has 7 heteroatoms. The summed E-state index contributed by atoms with van der Waals surface area (Å²) in [5, 5.41) is 2.98. The van der Waals surface area contributed by atoms with Gasteiger partial charge in [-0.15, -0.1) is 0 Å². The number of Topliss-reactive ketones (excluding diaryl/α,β-unsaturated/α-hetero) is 1. The van der Waals surface area contributed by atoms with Crippen LogP contribution in [-0.2, 0) is 4.74 Å². The van der Waals surface area contributed by atoms with E-state index in [1.54, 1.807) is 72.8 Å². The predicted octanol–water partition coefficient (Wildman–Crippen LogP) is 3.39. The summed E-state index contributed by atoms with van der Waals surface area (Å²) in [7, 11) is 0. The summed E-state index contributed by atoms with van der Waals surface area (Å²) in [5.74, 6) is -1.69. The van der Waals surface area contributed by atoms with E-state index >= 15 is 0 Å². The highest BCUT2D eigenvalue weighted by molar-refractivity contribution is 6.21. The number of benzene rings is 3. The highest BCUT2D eigenvalue weighted by Crippen LogP contribution is 2.22. The third-order valence-electron chi connectivity index (χ3n) is 4.85. The summed E-state index contributed by atoms with van der Waals surface area (Å²) in [5.41, 5.74) is 1.98. The van der Waals surface area contributed by atoms with Gasteiger partial charge in [0.2, 0.25) is 0 Å². The first-order valence-corrected chi connectivity index (χ1v) is 9.59. The summed E-state index contributed by atoms with van der Waals surface area (Å²) in [6, 6.07) is 21.6. The Morgan fingerprint density at radius 1 is 0.774 bits per heavy atom. The van der Waals surface area contributed by atoms with Crippen molar-refractivity contribution < 1.29 is 23.9 Å². The van der Waals surface area contributed by atoms with Crippen molar-refractivity contribution in [3.05, 3.63) is 101 Å². The molecule has 0 saturated heterocycles. The van der Waals surface area contributed by atoms with Crippen molar-refractivity contribution in [3.8, 4) is 0 Å². The maximum Gasteiger partial charge on any atom is 0.338 e. The van der Waals surface area contributed by atoms with E-state index < -0.39 is 5.97 Å². The monoisotopic (exact) mass is 414 g/mol. The second-order valence-corrected chi connectivity index (χ2v) is 6.86. The number of rotatable bonds is 7. The average molecular weight is 414 g/mol. The fourth-order valence-electron chi connectivity index (χ4n) is 3.23. The van der Waals surface area contributed by atoms with Crippen LogP contribution in [0.15, 0.2) is 78.9 Å². The van der Waals surface area contributed by atoms with E-state index in [9.17, 15) is 19.2 Å². The van der Waals surface area contributed by atoms with Crippen molar-refractivity contribution in [2.75, 3.05) is 18.6 Å². The van der Waals surface area contributed by atoms with Crippen LogP contribution < -0.4 is 5.32 Å². The first kappa shape index (κ1) is 20.0. The van der Waals surface area contributed by atoms with Gasteiger partial charge in [0.05, 0.1) is 23.4 Å². The number of hydrogen-bond donors (Lipinski definition) is 1. The molecule has 2 amide bonds. The minimum atomic E-state index is -0.645. The fourth-order valence-corrected chi connectivity index (χ4v) is 3.23. The van der Waals surface area contributed by atoms with Crippen molar-refractivity contribution in [2.45, 2.75) is 0 Å². The van der Waals surface area contributed by atoms with Crippen LogP contribution in [0.25, 0.3) is 0 Å². The SMILES string of the molecule is O=C(COC(=O)c1cccc(NCN2C(=O)c3ccccc3C2=O)c1)c1ccccc1. The molecule has 0 aromatic heterocycles. The molecule has 0 fully saturated rings. The van der Waals surface area contributed by atoms with Crippen LogP contribution >= 0.6 is 0 Å². The van der Waals surface area contributed by atoms with Crippen molar-refractivity contribution in [3.63, 3.8) is 0 Å². The molecule has 1 N–H and O–H groups in total. The molecule has 0 saturated carbocycles. The molecule has 31 heavy (non-hydrogen) atoms. The van der Waals surface area contributed by atoms with Gasteiger partial charge in [0.25, 0.3) is 11.8 Å². The number of carbonyl (C=O) groups excluding carboxylic acids is 4. The Hall–Kier alpha value is -4.26. The van der Waals surface area contributed by atoms with Crippen LogP contribution in [-0.4, -0.2) is 41.7 Å². The Labute approximate surface area is 178 Å². The summed E-state index contributed by atoms with van der Waals surface area (Å²) >= 11 is 0. The molecule has 1 aliphatic heterocycles. The molecule has 4 rings (SSSR count). The Morgan fingerprint density at radius 2 is 1.39 bits per heavy atom. The number of anilines is 1. The molecule has 154 valence electrons. The van der Waals surface area contributed by atoms with Gasteiger partial charge in [-0.3, -0.25) is 19.3 Å². The molecule has 3 aromatic rings. The molecule has 0 atom stereocenters. The Kier molecular flexibility index (Phi) is 5.57. The second-order valence-electron chi connectivity index (χ2n) is 6.86. The van der Waals surface area contributed by atoms with Crippen molar-refractivity contribution in [1.82, 2.24) is 4.90 Å². The highest BCUT2D eigenvalue weighted by atomic mass is 16.5. The molecule has 3 aromatic carbocycles. The Balaban J connectivity index is 1.36. The smallest absolute Gasteiger partial charge is 0.338 e. The summed E-state index contributed by atoms with van der Waals surface area (Å²) < 4.78 is 5.12. The average Bonchev–Trinajstić information content (AvgIpc) is 3.06. The van der Waals surface area contributed by atoms with Crippen LogP contribution in [0.5, 0.6) is 0 Å². The molecule has 0 radical (unpaired) electrons. The van der Waals surface area contributed by atoms with E-state index in [-0.39, 0.29) is 36.4 Å². The Morgan fingerprint density at radius 3 is 2.06 bits per heavy atom. The van der Waals surface area contributed by atoms with E-state index in [0.717, 1.165) is 4.90 Å². The van der Waals surface area contributed by atoms with Crippen molar-refractivity contribution in [2.24, 2.45) is 0 Å². The quantitative estimate of drug-likeness (QED) is 0.362. The number of nitrogens with zero attached hydrogens (tertiary/aromatic N) is 1. The maximum atomic E-state index is 12.4. The lowest BCUT2D eigenvalue weighted by Gasteiger charge is -2.16. The second kappa shape index (κ2) is 8.62. The third kappa shape index (κ3) is 4.20.